The van der Waals surface area contributed by atoms with Crippen molar-refractivity contribution in [3.8, 4) is 11.5 Å². The zero-order chi connectivity index (χ0) is 17.4. The molecule has 0 unspecified atom stereocenters. The number of methoxy groups -OCH3 is 1. The SMILES string of the molecule is COc1ccc(OCC(=O)OCC(=O)Nc2ccccc2F)cc1. The average molecular weight is 333 g/mol. The summed E-state index contributed by atoms with van der Waals surface area (Å²) in [5.74, 6) is -0.800. The second kappa shape index (κ2) is 8.52. The molecular formula is C17H16FNO5. The van der Waals surface area contributed by atoms with Crippen LogP contribution in [0.25, 0.3) is 0 Å². The van der Waals surface area contributed by atoms with Crippen molar-refractivity contribution < 1.29 is 28.2 Å². The average Bonchev–Trinajstić information content (AvgIpc) is 2.60. The van der Waals surface area contributed by atoms with Crippen LogP contribution in [0.4, 0.5) is 10.1 Å². The van der Waals surface area contributed by atoms with Crippen LogP contribution in [0.15, 0.2) is 48.5 Å². The Bertz CT molecular complexity index is 702. The van der Waals surface area contributed by atoms with Gasteiger partial charge in [0.25, 0.3) is 5.91 Å². The molecule has 0 radical (unpaired) electrons. The summed E-state index contributed by atoms with van der Waals surface area (Å²) in [6.45, 7) is -0.877. The molecule has 0 saturated heterocycles. The van der Waals surface area contributed by atoms with Crippen LogP contribution in [-0.4, -0.2) is 32.2 Å². The van der Waals surface area contributed by atoms with Gasteiger partial charge < -0.3 is 19.5 Å². The number of carbonyl (C=O) groups is 2. The van der Waals surface area contributed by atoms with Crippen LogP contribution in [0.5, 0.6) is 11.5 Å². The third kappa shape index (κ3) is 5.28. The zero-order valence-corrected chi connectivity index (χ0v) is 13.0. The van der Waals surface area contributed by atoms with Crippen LogP contribution in [-0.2, 0) is 14.3 Å². The number of benzene rings is 2. The summed E-state index contributed by atoms with van der Waals surface area (Å²) in [4.78, 5) is 23.1. The van der Waals surface area contributed by atoms with Gasteiger partial charge in [0, 0.05) is 0 Å². The molecule has 24 heavy (non-hydrogen) atoms. The molecule has 0 heterocycles. The monoisotopic (exact) mass is 333 g/mol. The van der Waals surface area contributed by atoms with Gasteiger partial charge >= 0.3 is 5.97 Å². The predicted octanol–water partition coefficient (Wildman–Crippen LogP) is 2.40. The van der Waals surface area contributed by atoms with Gasteiger partial charge in [-0.15, -0.1) is 0 Å². The molecule has 0 aliphatic heterocycles. The number of halogens is 1. The van der Waals surface area contributed by atoms with Gasteiger partial charge in [0.15, 0.2) is 13.2 Å². The molecule has 0 bridgehead atoms. The van der Waals surface area contributed by atoms with Gasteiger partial charge in [-0.1, -0.05) is 12.1 Å². The highest BCUT2D eigenvalue weighted by Gasteiger charge is 2.10. The van der Waals surface area contributed by atoms with E-state index in [9.17, 15) is 14.0 Å². The molecule has 1 amide bonds. The summed E-state index contributed by atoms with van der Waals surface area (Å²) >= 11 is 0. The van der Waals surface area contributed by atoms with Crippen molar-refractivity contribution in [2.45, 2.75) is 0 Å². The summed E-state index contributed by atoms with van der Waals surface area (Å²) in [5, 5.41) is 2.31. The molecule has 0 aliphatic rings. The van der Waals surface area contributed by atoms with Crippen LogP contribution < -0.4 is 14.8 Å². The van der Waals surface area contributed by atoms with E-state index < -0.39 is 24.3 Å². The van der Waals surface area contributed by atoms with E-state index in [1.54, 1.807) is 37.4 Å². The maximum atomic E-state index is 13.4. The quantitative estimate of drug-likeness (QED) is 0.788. The molecular weight excluding hydrogens is 317 g/mol. The van der Waals surface area contributed by atoms with Gasteiger partial charge in [0.2, 0.25) is 0 Å². The Labute approximate surface area is 138 Å². The van der Waals surface area contributed by atoms with E-state index in [-0.39, 0.29) is 12.3 Å². The minimum Gasteiger partial charge on any atom is -0.497 e. The lowest BCUT2D eigenvalue weighted by Gasteiger charge is -2.08. The molecule has 0 spiro atoms. The van der Waals surface area contributed by atoms with E-state index in [0.29, 0.717) is 11.5 Å². The van der Waals surface area contributed by atoms with Crippen molar-refractivity contribution in [2.24, 2.45) is 0 Å². The standard InChI is InChI=1S/C17H16FNO5/c1-22-12-6-8-13(9-7-12)23-11-17(21)24-10-16(20)19-15-5-3-2-4-14(15)18/h2-9H,10-11H2,1H3,(H,19,20). The van der Waals surface area contributed by atoms with Crippen molar-refractivity contribution in [1.29, 1.82) is 0 Å². The molecule has 126 valence electrons. The van der Waals surface area contributed by atoms with Crippen LogP contribution in [0.2, 0.25) is 0 Å². The number of amides is 1. The van der Waals surface area contributed by atoms with Crippen LogP contribution in [0.3, 0.4) is 0 Å². The Morgan fingerprint density at radius 3 is 2.33 bits per heavy atom. The molecule has 0 aliphatic carbocycles. The topological polar surface area (TPSA) is 73.9 Å². The van der Waals surface area contributed by atoms with Crippen LogP contribution in [0.1, 0.15) is 0 Å². The molecule has 0 aromatic heterocycles. The second-order valence-electron chi connectivity index (χ2n) is 4.65. The van der Waals surface area contributed by atoms with E-state index in [4.69, 9.17) is 14.2 Å². The number of esters is 1. The van der Waals surface area contributed by atoms with Crippen molar-refractivity contribution in [2.75, 3.05) is 25.6 Å². The molecule has 1 N–H and O–H groups in total. The molecule has 0 saturated carbocycles. The van der Waals surface area contributed by atoms with Gasteiger partial charge in [-0.2, -0.15) is 0 Å². The van der Waals surface area contributed by atoms with Gasteiger partial charge in [-0.05, 0) is 36.4 Å². The largest absolute Gasteiger partial charge is 0.497 e. The Balaban J connectivity index is 1.72. The first-order chi connectivity index (χ1) is 11.6. The fourth-order valence-corrected chi connectivity index (χ4v) is 1.75. The molecule has 2 rings (SSSR count). The normalized spacial score (nSPS) is 9.92. The Hall–Kier alpha value is -3.09. The van der Waals surface area contributed by atoms with E-state index >= 15 is 0 Å². The lowest BCUT2D eigenvalue weighted by atomic mass is 10.3. The summed E-state index contributed by atoms with van der Waals surface area (Å²) in [6, 6.07) is 12.3. The maximum Gasteiger partial charge on any atom is 0.344 e. The van der Waals surface area contributed by atoms with Gasteiger partial charge in [-0.3, -0.25) is 4.79 Å². The third-order valence-corrected chi connectivity index (χ3v) is 2.93. The lowest BCUT2D eigenvalue weighted by molar-refractivity contribution is -0.149. The smallest absolute Gasteiger partial charge is 0.344 e. The highest BCUT2D eigenvalue weighted by molar-refractivity contribution is 5.92. The number of nitrogens with one attached hydrogen (secondary N) is 1. The van der Waals surface area contributed by atoms with Gasteiger partial charge in [-0.25, -0.2) is 9.18 Å². The number of hydrogen-bond donors (Lipinski definition) is 1. The van der Waals surface area contributed by atoms with E-state index in [2.05, 4.69) is 5.32 Å². The van der Waals surface area contributed by atoms with E-state index in [1.165, 1.54) is 18.2 Å². The Morgan fingerprint density at radius 1 is 1.00 bits per heavy atom. The molecule has 0 atom stereocenters. The molecule has 0 fully saturated rings. The fourth-order valence-electron chi connectivity index (χ4n) is 1.75. The zero-order valence-electron chi connectivity index (χ0n) is 13.0. The van der Waals surface area contributed by atoms with Crippen molar-refractivity contribution in [3.63, 3.8) is 0 Å². The van der Waals surface area contributed by atoms with Crippen molar-refractivity contribution in [3.05, 3.63) is 54.3 Å². The van der Waals surface area contributed by atoms with Crippen molar-refractivity contribution in [1.82, 2.24) is 0 Å². The highest BCUT2D eigenvalue weighted by Crippen LogP contribution is 2.17. The molecule has 2 aromatic carbocycles. The number of ether oxygens (including phenoxy) is 3. The Kier molecular flexibility index (Phi) is 6.13. The summed E-state index contributed by atoms with van der Waals surface area (Å²) in [7, 11) is 1.54. The molecule has 2 aromatic rings. The predicted molar refractivity (Wildman–Crippen MR) is 84.5 cm³/mol. The number of carbonyl (C=O) groups excluding carboxylic acids is 2. The Morgan fingerprint density at radius 2 is 1.67 bits per heavy atom. The minimum absolute atomic E-state index is 0.0213. The van der Waals surface area contributed by atoms with Gasteiger partial charge in [0.05, 0.1) is 12.8 Å². The maximum absolute atomic E-state index is 13.4. The highest BCUT2D eigenvalue weighted by atomic mass is 19.1. The van der Waals surface area contributed by atoms with Crippen molar-refractivity contribution >= 4 is 17.6 Å². The number of para-hydroxylation sites is 1. The molecule has 6 nitrogen and oxygen atoms in total. The van der Waals surface area contributed by atoms with Crippen LogP contribution >= 0.6 is 0 Å². The number of anilines is 1. The molecule has 7 heteroatoms. The lowest BCUT2D eigenvalue weighted by Crippen LogP contribution is -2.24. The fraction of sp³-hybridized carbons (Fsp3) is 0.176. The summed E-state index contributed by atoms with van der Waals surface area (Å²) in [6.07, 6.45) is 0. The van der Waals surface area contributed by atoms with E-state index in [0.717, 1.165) is 0 Å². The summed E-state index contributed by atoms with van der Waals surface area (Å²) < 4.78 is 28.3. The number of rotatable bonds is 7. The first kappa shape index (κ1) is 17.3. The minimum atomic E-state index is -0.713. The number of hydrogen-bond acceptors (Lipinski definition) is 5. The summed E-state index contributed by atoms with van der Waals surface area (Å²) in [5.41, 5.74) is 0.0213. The second-order valence-corrected chi connectivity index (χ2v) is 4.65. The van der Waals surface area contributed by atoms with Gasteiger partial charge in [0.1, 0.15) is 17.3 Å². The first-order valence-corrected chi connectivity index (χ1v) is 7.05. The van der Waals surface area contributed by atoms with E-state index in [1.807, 2.05) is 0 Å². The third-order valence-electron chi connectivity index (χ3n) is 2.93. The van der Waals surface area contributed by atoms with Crippen LogP contribution in [0, 0.1) is 5.82 Å². The first-order valence-electron chi connectivity index (χ1n) is 7.05.